The smallest absolute Gasteiger partial charge is 0.330 e. The lowest BCUT2D eigenvalue weighted by molar-refractivity contribution is -0.144. The Morgan fingerprint density at radius 1 is 1.22 bits per heavy atom. The van der Waals surface area contributed by atoms with Crippen LogP contribution in [0.4, 0.5) is 0 Å². The summed E-state index contributed by atoms with van der Waals surface area (Å²) in [5, 5.41) is 0. The SMILES string of the molecule is C=CC(=O)OC(CC)[Si]C(OC(C)C)OC(C)C. The van der Waals surface area contributed by atoms with Crippen molar-refractivity contribution >= 4 is 15.5 Å². The minimum atomic E-state index is -0.401. The van der Waals surface area contributed by atoms with Crippen LogP contribution in [0.1, 0.15) is 41.0 Å². The van der Waals surface area contributed by atoms with Crippen molar-refractivity contribution in [3.63, 3.8) is 0 Å². The normalized spacial score (nSPS) is 13.1. The lowest BCUT2D eigenvalue weighted by Crippen LogP contribution is -2.38. The molecular weight excluding hydrogens is 248 g/mol. The summed E-state index contributed by atoms with van der Waals surface area (Å²) in [4.78, 5) is 11.2. The standard InChI is InChI=1S/C13H24O4Si/c1-7-11(14)17-12(8-2)18-13(15-9(3)4)16-10(5)6/h7,9-10,12-13H,1,8H2,2-6H3. The highest BCUT2D eigenvalue weighted by Gasteiger charge is 2.22. The van der Waals surface area contributed by atoms with Crippen molar-refractivity contribution in [1.29, 1.82) is 0 Å². The van der Waals surface area contributed by atoms with E-state index >= 15 is 0 Å². The highest BCUT2D eigenvalue weighted by Crippen LogP contribution is 2.08. The number of carbonyl (C=O) groups excluding carboxylic acids is 1. The van der Waals surface area contributed by atoms with Gasteiger partial charge >= 0.3 is 5.97 Å². The van der Waals surface area contributed by atoms with Crippen LogP contribution in [0.5, 0.6) is 0 Å². The molecule has 5 heteroatoms. The summed E-state index contributed by atoms with van der Waals surface area (Å²) in [6.45, 7) is 13.2. The molecule has 0 bridgehead atoms. The molecule has 2 radical (unpaired) electrons. The molecular formula is C13H24O4Si. The highest BCUT2D eigenvalue weighted by molar-refractivity contribution is 6.38. The van der Waals surface area contributed by atoms with Crippen LogP contribution in [0.3, 0.4) is 0 Å². The molecule has 0 rings (SSSR count). The summed E-state index contributed by atoms with van der Waals surface area (Å²) in [5.41, 5.74) is -0.182. The fourth-order valence-corrected chi connectivity index (χ4v) is 2.61. The second-order valence-corrected chi connectivity index (χ2v) is 5.85. The summed E-state index contributed by atoms with van der Waals surface area (Å²) >= 11 is 0. The monoisotopic (exact) mass is 272 g/mol. The Hall–Kier alpha value is -0.653. The van der Waals surface area contributed by atoms with Gasteiger partial charge in [0.15, 0.2) is 9.52 Å². The molecule has 0 aliphatic rings. The predicted octanol–water partition coefficient (Wildman–Crippen LogP) is 2.29. The van der Waals surface area contributed by atoms with Crippen molar-refractivity contribution in [3.05, 3.63) is 12.7 Å². The first-order chi connectivity index (χ1) is 8.38. The van der Waals surface area contributed by atoms with E-state index in [1.165, 1.54) is 6.08 Å². The Kier molecular flexibility index (Phi) is 8.96. The second-order valence-electron chi connectivity index (χ2n) is 4.41. The molecule has 0 aromatic heterocycles. The maximum Gasteiger partial charge on any atom is 0.330 e. The van der Waals surface area contributed by atoms with Crippen LogP contribution in [0.2, 0.25) is 0 Å². The van der Waals surface area contributed by atoms with Crippen molar-refractivity contribution in [2.75, 3.05) is 0 Å². The van der Waals surface area contributed by atoms with E-state index < -0.39 is 5.97 Å². The third kappa shape index (κ3) is 8.44. The van der Waals surface area contributed by atoms with Crippen molar-refractivity contribution in [1.82, 2.24) is 0 Å². The van der Waals surface area contributed by atoms with Crippen molar-refractivity contribution < 1.29 is 19.0 Å². The maximum absolute atomic E-state index is 11.2. The summed E-state index contributed by atoms with van der Waals surface area (Å²) in [6.07, 6.45) is 2.06. The Balaban J connectivity index is 4.40. The zero-order valence-electron chi connectivity index (χ0n) is 11.9. The molecule has 4 nitrogen and oxygen atoms in total. The summed E-state index contributed by atoms with van der Waals surface area (Å²) in [7, 11) is 0.261. The van der Waals surface area contributed by atoms with Gasteiger partial charge in [-0.2, -0.15) is 0 Å². The van der Waals surface area contributed by atoms with Gasteiger partial charge in [-0.15, -0.1) is 0 Å². The summed E-state index contributed by atoms with van der Waals surface area (Å²) in [6, 6.07) is 0. The second kappa shape index (κ2) is 9.30. The Labute approximate surface area is 113 Å². The van der Waals surface area contributed by atoms with E-state index in [1.54, 1.807) is 0 Å². The van der Waals surface area contributed by atoms with Crippen LogP contribution in [0, 0.1) is 0 Å². The Morgan fingerprint density at radius 2 is 1.72 bits per heavy atom. The largest absolute Gasteiger partial charge is 0.463 e. The minimum Gasteiger partial charge on any atom is -0.463 e. The third-order valence-corrected chi connectivity index (χ3v) is 3.35. The molecule has 0 spiro atoms. The number of rotatable bonds is 9. The van der Waals surface area contributed by atoms with Crippen molar-refractivity contribution in [3.8, 4) is 0 Å². The molecule has 104 valence electrons. The van der Waals surface area contributed by atoms with Crippen molar-refractivity contribution in [2.24, 2.45) is 0 Å². The molecule has 1 atom stereocenters. The van der Waals surface area contributed by atoms with Gasteiger partial charge in [0.1, 0.15) is 5.91 Å². The van der Waals surface area contributed by atoms with Gasteiger partial charge in [0, 0.05) is 6.08 Å². The Morgan fingerprint density at radius 3 is 2.06 bits per heavy atom. The molecule has 0 aromatic carbocycles. The van der Waals surface area contributed by atoms with E-state index in [2.05, 4.69) is 6.58 Å². The quantitative estimate of drug-likeness (QED) is 0.280. The predicted molar refractivity (Wildman–Crippen MR) is 72.4 cm³/mol. The van der Waals surface area contributed by atoms with Gasteiger partial charge in [0.05, 0.1) is 17.9 Å². The molecule has 0 amide bonds. The van der Waals surface area contributed by atoms with Crippen LogP contribution >= 0.6 is 0 Å². The van der Waals surface area contributed by atoms with Crippen molar-refractivity contribution in [2.45, 2.75) is 64.9 Å². The molecule has 0 aliphatic heterocycles. The number of hydrogen-bond donors (Lipinski definition) is 0. The van der Waals surface area contributed by atoms with Crippen LogP contribution in [0.15, 0.2) is 12.7 Å². The van der Waals surface area contributed by atoms with Gasteiger partial charge in [0.25, 0.3) is 0 Å². The molecule has 0 fully saturated rings. The fraction of sp³-hybridized carbons (Fsp3) is 0.769. The van der Waals surface area contributed by atoms with E-state index in [4.69, 9.17) is 14.2 Å². The molecule has 1 unspecified atom stereocenters. The Bertz CT molecular complexity index is 243. The highest BCUT2D eigenvalue weighted by atomic mass is 28.2. The lowest BCUT2D eigenvalue weighted by Gasteiger charge is -2.25. The zero-order chi connectivity index (χ0) is 14.1. The maximum atomic E-state index is 11.2. The average molecular weight is 272 g/mol. The average Bonchev–Trinajstić information content (AvgIpc) is 2.25. The van der Waals surface area contributed by atoms with Crippen LogP contribution in [-0.4, -0.2) is 39.3 Å². The summed E-state index contributed by atoms with van der Waals surface area (Å²) < 4.78 is 16.6. The number of hydrogen-bond acceptors (Lipinski definition) is 4. The molecule has 18 heavy (non-hydrogen) atoms. The fourth-order valence-electron chi connectivity index (χ4n) is 1.18. The summed E-state index contributed by atoms with van der Waals surface area (Å²) in [5.74, 6) is -0.727. The van der Waals surface area contributed by atoms with Gasteiger partial charge < -0.3 is 14.2 Å². The van der Waals surface area contributed by atoms with E-state index in [-0.39, 0.29) is 33.4 Å². The number of carbonyl (C=O) groups is 1. The number of esters is 1. The van der Waals surface area contributed by atoms with Gasteiger partial charge in [-0.05, 0) is 34.1 Å². The van der Waals surface area contributed by atoms with Crippen LogP contribution < -0.4 is 0 Å². The third-order valence-electron chi connectivity index (χ3n) is 1.91. The first-order valence-electron chi connectivity index (χ1n) is 6.29. The number of ether oxygens (including phenoxy) is 3. The van der Waals surface area contributed by atoms with E-state index in [0.29, 0.717) is 0 Å². The molecule has 0 aliphatic carbocycles. The van der Waals surface area contributed by atoms with Crippen LogP contribution in [0.25, 0.3) is 0 Å². The minimum absolute atomic E-state index is 0.0776. The molecule has 0 N–H and O–H groups in total. The first-order valence-corrected chi connectivity index (χ1v) is 7.44. The molecule has 0 heterocycles. The van der Waals surface area contributed by atoms with Gasteiger partial charge in [0.2, 0.25) is 0 Å². The topological polar surface area (TPSA) is 44.8 Å². The van der Waals surface area contributed by atoms with Crippen LogP contribution in [-0.2, 0) is 19.0 Å². The van der Waals surface area contributed by atoms with Gasteiger partial charge in [-0.25, -0.2) is 4.79 Å². The zero-order valence-corrected chi connectivity index (χ0v) is 12.9. The molecule has 0 saturated carbocycles. The van der Waals surface area contributed by atoms with E-state index in [1.807, 2.05) is 34.6 Å². The van der Waals surface area contributed by atoms with Gasteiger partial charge in [-0.1, -0.05) is 13.5 Å². The lowest BCUT2D eigenvalue weighted by atomic mass is 10.5. The van der Waals surface area contributed by atoms with E-state index in [0.717, 1.165) is 6.42 Å². The van der Waals surface area contributed by atoms with Gasteiger partial charge in [-0.3, -0.25) is 0 Å². The molecule has 0 saturated heterocycles. The van der Waals surface area contributed by atoms with E-state index in [9.17, 15) is 4.79 Å². The first kappa shape index (κ1) is 17.3. The molecule has 0 aromatic rings.